The van der Waals surface area contributed by atoms with Crippen LogP contribution >= 0.6 is 0 Å². The van der Waals surface area contributed by atoms with Crippen LogP contribution in [0.5, 0.6) is 0 Å². The summed E-state index contributed by atoms with van der Waals surface area (Å²) in [5.41, 5.74) is 0.871. The Kier molecular flexibility index (Phi) is 4.04. The van der Waals surface area contributed by atoms with E-state index in [4.69, 9.17) is 4.74 Å². The summed E-state index contributed by atoms with van der Waals surface area (Å²) in [4.78, 5) is 21.3. The van der Waals surface area contributed by atoms with Gasteiger partial charge in [0.25, 0.3) is 5.69 Å². The van der Waals surface area contributed by atoms with Crippen molar-refractivity contribution < 1.29 is 14.5 Å². The molecule has 1 aliphatic carbocycles. The van der Waals surface area contributed by atoms with Gasteiger partial charge in [-0.25, -0.2) is 0 Å². The molecular weight excluding hydrogens is 234 g/mol. The zero-order valence-corrected chi connectivity index (χ0v) is 10.0. The molecule has 5 heteroatoms. The first-order valence-corrected chi connectivity index (χ1v) is 6.02. The summed E-state index contributed by atoms with van der Waals surface area (Å²) in [6.45, 7) is 0.362. The van der Waals surface area contributed by atoms with E-state index in [1.807, 2.05) is 0 Å². The molecule has 2 rings (SSSR count). The Morgan fingerprint density at radius 1 is 1.33 bits per heavy atom. The van der Waals surface area contributed by atoms with Crippen LogP contribution in [0.25, 0.3) is 0 Å². The first kappa shape index (κ1) is 12.7. The minimum atomic E-state index is -0.414. The Morgan fingerprint density at radius 2 is 2.06 bits per heavy atom. The van der Waals surface area contributed by atoms with Gasteiger partial charge in [0.15, 0.2) is 0 Å². The fourth-order valence-corrected chi connectivity index (χ4v) is 2.05. The standard InChI is InChI=1S/C13H15NO4/c15-12-4-6-13(7-5-12)18-9-10-2-1-3-11(8-10)14(16)17/h1-3,8,13H,4-7,9H2. The molecule has 0 saturated heterocycles. The number of hydrogen-bond acceptors (Lipinski definition) is 4. The normalized spacial score (nSPS) is 16.8. The van der Waals surface area contributed by atoms with Crippen LogP contribution in [0, 0.1) is 10.1 Å². The van der Waals surface area contributed by atoms with Crippen LogP contribution in [0.3, 0.4) is 0 Å². The molecule has 0 bridgehead atoms. The van der Waals surface area contributed by atoms with E-state index >= 15 is 0 Å². The Morgan fingerprint density at radius 3 is 2.72 bits per heavy atom. The van der Waals surface area contributed by atoms with Gasteiger partial charge in [-0.3, -0.25) is 14.9 Å². The van der Waals surface area contributed by atoms with E-state index in [1.54, 1.807) is 12.1 Å². The second kappa shape index (κ2) is 5.73. The van der Waals surface area contributed by atoms with Gasteiger partial charge in [0, 0.05) is 25.0 Å². The van der Waals surface area contributed by atoms with Crippen molar-refractivity contribution in [1.29, 1.82) is 0 Å². The van der Waals surface area contributed by atoms with Crippen molar-refractivity contribution in [2.24, 2.45) is 0 Å². The predicted octanol–water partition coefficient (Wildman–Crippen LogP) is 2.62. The number of rotatable bonds is 4. The minimum absolute atomic E-state index is 0.0786. The molecule has 5 nitrogen and oxygen atoms in total. The van der Waals surface area contributed by atoms with Gasteiger partial charge in [0.2, 0.25) is 0 Å². The Labute approximate surface area is 105 Å². The molecule has 0 heterocycles. The summed E-state index contributed by atoms with van der Waals surface area (Å²) in [5.74, 6) is 0.296. The Bertz CT molecular complexity index is 448. The van der Waals surface area contributed by atoms with Gasteiger partial charge in [0.1, 0.15) is 5.78 Å². The van der Waals surface area contributed by atoms with Gasteiger partial charge in [0.05, 0.1) is 17.6 Å². The van der Waals surface area contributed by atoms with E-state index in [2.05, 4.69) is 0 Å². The summed E-state index contributed by atoms with van der Waals surface area (Å²) >= 11 is 0. The molecule has 0 unspecified atom stereocenters. The molecule has 0 aliphatic heterocycles. The molecule has 1 aromatic rings. The van der Waals surface area contributed by atoms with Gasteiger partial charge in [-0.05, 0) is 18.4 Å². The molecule has 0 amide bonds. The van der Waals surface area contributed by atoms with E-state index in [0.717, 1.165) is 18.4 Å². The van der Waals surface area contributed by atoms with Crippen molar-refractivity contribution in [3.8, 4) is 0 Å². The lowest BCUT2D eigenvalue weighted by molar-refractivity contribution is -0.385. The van der Waals surface area contributed by atoms with E-state index in [0.29, 0.717) is 25.2 Å². The number of ether oxygens (including phenoxy) is 1. The highest BCUT2D eigenvalue weighted by Crippen LogP contribution is 2.20. The average Bonchev–Trinajstić information content (AvgIpc) is 2.38. The van der Waals surface area contributed by atoms with E-state index < -0.39 is 4.92 Å². The van der Waals surface area contributed by atoms with Crippen LogP contribution in [0.1, 0.15) is 31.2 Å². The maximum atomic E-state index is 11.1. The molecule has 0 spiro atoms. The van der Waals surface area contributed by atoms with Gasteiger partial charge in [-0.2, -0.15) is 0 Å². The largest absolute Gasteiger partial charge is 0.374 e. The average molecular weight is 249 g/mol. The molecule has 96 valence electrons. The summed E-state index contributed by atoms with van der Waals surface area (Å²) in [5, 5.41) is 10.6. The number of carbonyl (C=O) groups excluding carboxylic acids is 1. The Hall–Kier alpha value is -1.75. The van der Waals surface area contributed by atoms with E-state index in [9.17, 15) is 14.9 Å². The number of non-ortho nitro benzene ring substituents is 1. The van der Waals surface area contributed by atoms with Gasteiger partial charge in [-0.1, -0.05) is 12.1 Å². The Balaban J connectivity index is 1.88. The third-order valence-electron chi connectivity index (χ3n) is 3.10. The number of nitro groups is 1. The van der Waals surface area contributed by atoms with Crippen molar-refractivity contribution in [1.82, 2.24) is 0 Å². The molecule has 18 heavy (non-hydrogen) atoms. The second-order valence-corrected chi connectivity index (χ2v) is 4.48. The summed E-state index contributed by atoms with van der Waals surface area (Å²) in [7, 11) is 0. The van der Waals surface area contributed by atoms with Gasteiger partial charge in [-0.15, -0.1) is 0 Å². The lowest BCUT2D eigenvalue weighted by Crippen LogP contribution is -2.21. The van der Waals surface area contributed by atoms with Gasteiger partial charge >= 0.3 is 0 Å². The van der Waals surface area contributed by atoms with Crippen LogP contribution < -0.4 is 0 Å². The molecule has 1 saturated carbocycles. The highest BCUT2D eigenvalue weighted by atomic mass is 16.6. The number of benzene rings is 1. The molecule has 0 radical (unpaired) electrons. The van der Waals surface area contributed by atoms with Crippen LogP contribution in [0.2, 0.25) is 0 Å². The van der Waals surface area contributed by atoms with Gasteiger partial charge < -0.3 is 4.74 Å². The maximum absolute atomic E-state index is 11.1. The second-order valence-electron chi connectivity index (χ2n) is 4.48. The number of nitrogens with zero attached hydrogens (tertiary/aromatic N) is 1. The fraction of sp³-hybridized carbons (Fsp3) is 0.462. The highest BCUT2D eigenvalue weighted by Gasteiger charge is 2.19. The zero-order valence-electron chi connectivity index (χ0n) is 10.0. The molecule has 1 fully saturated rings. The molecule has 1 aliphatic rings. The number of hydrogen-bond donors (Lipinski definition) is 0. The lowest BCUT2D eigenvalue weighted by Gasteiger charge is -2.21. The quantitative estimate of drug-likeness (QED) is 0.607. The van der Waals surface area contributed by atoms with Crippen molar-refractivity contribution in [3.05, 3.63) is 39.9 Å². The van der Waals surface area contributed by atoms with E-state index in [1.165, 1.54) is 12.1 Å². The van der Waals surface area contributed by atoms with Crippen molar-refractivity contribution in [2.45, 2.75) is 38.4 Å². The van der Waals surface area contributed by atoms with Crippen LogP contribution in [-0.2, 0) is 16.1 Å². The van der Waals surface area contributed by atoms with Crippen molar-refractivity contribution in [3.63, 3.8) is 0 Å². The molecule has 0 atom stereocenters. The molecule has 0 N–H and O–H groups in total. The first-order valence-electron chi connectivity index (χ1n) is 6.02. The SMILES string of the molecule is O=C1CCC(OCc2cccc([N+](=O)[O-])c2)CC1. The maximum Gasteiger partial charge on any atom is 0.269 e. The topological polar surface area (TPSA) is 69.4 Å². The predicted molar refractivity (Wildman–Crippen MR) is 65.1 cm³/mol. The summed E-state index contributed by atoms with van der Waals surface area (Å²) < 4.78 is 5.68. The number of nitro benzene ring substituents is 1. The first-order chi connectivity index (χ1) is 8.65. The summed E-state index contributed by atoms with van der Waals surface area (Å²) in [6, 6.07) is 6.44. The van der Waals surface area contributed by atoms with Crippen LogP contribution in [0.4, 0.5) is 5.69 Å². The van der Waals surface area contributed by atoms with Crippen LogP contribution in [-0.4, -0.2) is 16.8 Å². The highest BCUT2D eigenvalue weighted by molar-refractivity contribution is 5.79. The van der Waals surface area contributed by atoms with E-state index in [-0.39, 0.29) is 11.8 Å². The number of Topliss-reactive ketones (excluding diaryl/α,β-unsaturated/α-hetero) is 1. The monoisotopic (exact) mass is 249 g/mol. The molecule has 0 aromatic heterocycles. The smallest absolute Gasteiger partial charge is 0.269 e. The number of carbonyl (C=O) groups is 1. The fourth-order valence-electron chi connectivity index (χ4n) is 2.05. The molecule has 1 aromatic carbocycles. The third kappa shape index (κ3) is 3.37. The van der Waals surface area contributed by atoms with Crippen LogP contribution in [0.15, 0.2) is 24.3 Å². The number of ketones is 1. The zero-order chi connectivity index (χ0) is 13.0. The summed E-state index contributed by atoms with van der Waals surface area (Å²) in [6.07, 6.45) is 2.78. The third-order valence-corrected chi connectivity index (χ3v) is 3.10. The minimum Gasteiger partial charge on any atom is -0.374 e. The lowest BCUT2D eigenvalue weighted by atomic mass is 9.96. The van der Waals surface area contributed by atoms with Crippen molar-refractivity contribution in [2.75, 3.05) is 0 Å². The molecular formula is C13H15NO4. The van der Waals surface area contributed by atoms with Crippen molar-refractivity contribution >= 4 is 11.5 Å².